The molecule has 2 fully saturated rings. The molecule has 15 heavy (non-hydrogen) atoms. The molecule has 3 atom stereocenters. The Morgan fingerprint density at radius 3 is 2.80 bits per heavy atom. The average molecular weight is 210 g/mol. The molecule has 0 radical (unpaired) electrons. The van der Waals surface area contributed by atoms with Crippen LogP contribution in [-0.4, -0.2) is 37.1 Å². The third kappa shape index (κ3) is 2.54. The SMILES string of the molecule is CCC1CCC(N2CCCNCC2)C1C. The summed E-state index contributed by atoms with van der Waals surface area (Å²) in [4.78, 5) is 2.75. The first kappa shape index (κ1) is 11.4. The van der Waals surface area contributed by atoms with Crippen LogP contribution in [-0.2, 0) is 0 Å². The van der Waals surface area contributed by atoms with E-state index in [0.29, 0.717) is 0 Å². The highest BCUT2D eigenvalue weighted by atomic mass is 15.2. The average Bonchev–Trinajstić information content (AvgIpc) is 2.49. The molecule has 2 nitrogen and oxygen atoms in total. The van der Waals surface area contributed by atoms with Crippen molar-refractivity contribution >= 4 is 0 Å². The van der Waals surface area contributed by atoms with Crippen molar-refractivity contribution in [2.24, 2.45) is 11.8 Å². The van der Waals surface area contributed by atoms with Crippen LogP contribution in [0.1, 0.15) is 39.5 Å². The smallest absolute Gasteiger partial charge is 0.0124 e. The summed E-state index contributed by atoms with van der Waals surface area (Å²) >= 11 is 0. The lowest BCUT2D eigenvalue weighted by molar-refractivity contribution is 0.163. The van der Waals surface area contributed by atoms with Gasteiger partial charge in [-0.2, -0.15) is 0 Å². The lowest BCUT2D eigenvalue weighted by atomic mass is 9.93. The first-order valence-corrected chi connectivity index (χ1v) is 6.77. The van der Waals surface area contributed by atoms with Crippen molar-refractivity contribution in [3.8, 4) is 0 Å². The van der Waals surface area contributed by atoms with Crippen molar-refractivity contribution in [3.05, 3.63) is 0 Å². The summed E-state index contributed by atoms with van der Waals surface area (Å²) in [6.07, 6.45) is 5.62. The molecule has 1 heterocycles. The molecule has 1 saturated heterocycles. The number of hydrogen-bond acceptors (Lipinski definition) is 2. The van der Waals surface area contributed by atoms with Crippen molar-refractivity contribution < 1.29 is 0 Å². The van der Waals surface area contributed by atoms with Crippen LogP contribution < -0.4 is 5.32 Å². The van der Waals surface area contributed by atoms with E-state index in [-0.39, 0.29) is 0 Å². The van der Waals surface area contributed by atoms with Crippen LogP contribution in [0.5, 0.6) is 0 Å². The predicted molar refractivity (Wildman–Crippen MR) is 65.0 cm³/mol. The van der Waals surface area contributed by atoms with Gasteiger partial charge in [0.1, 0.15) is 0 Å². The van der Waals surface area contributed by atoms with E-state index in [1.54, 1.807) is 0 Å². The van der Waals surface area contributed by atoms with Gasteiger partial charge < -0.3 is 5.32 Å². The van der Waals surface area contributed by atoms with Gasteiger partial charge in [-0.05, 0) is 44.2 Å². The molecule has 1 aliphatic heterocycles. The highest BCUT2D eigenvalue weighted by molar-refractivity contribution is 4.89. The Balaban J connectivity index is 1.92. The summed E-state index contributed by atoms with van der Waals surface area (Å²) < 4.78 is 0. The predicted octanol–water partition coefficient (Wildman–Crippen LogP) is 2.11. The van der Waals surface area contributed by atoms with E-state index < -0.39 is 0 Å². The molecule has 0 amide bonds. The quantitative estimate of drug-likeness (QED) is 0.751. The van der Waals surface area contributed by atoms with Gasteiger partial charge in [-0.3, -0.25) is 4.90 Å². The topological polar surface area (TPSA) is 15.3 Å². The van der Waals surface area contributed by atoms with E-state index in [9.17, 15) is 0 Å². The third-order valence-electron chi connectivity index (χ3n) is 4.55. The summed E-state index contributed by atoms with van der Waals surface area (Å²) in [5.74, 6) is 1.92. The second-order valence-corrected chi connectivity index (χ2v) is 5.31. The molecule has 3 unspecified atom stereocenters. The van der Waals surface area contributed by atoms with Crippen LogP contribution in [0.2, 0.25) is 0 Å². The third-order valence-corrected chi connectivity index (χ3v) is 4.55. The van der Waals surface area contributed by atoms with Gasteiger partial charge in [-0.1, -0.05) is 20.3 Å². The fraction of sp³-hybridized carbons (Fsp3) is 1.00. The maximum Gasteiger partial charge on any atom is 0.0124 e. The summed E-state index contributed by atoms with van der Waals surface area (Å²) in [5, 5.41) is 3.50. The molecule has 0 bridgehead atoms. The minimum Gasteiger partial charge on any atom is -0.315 e. The minimum absolute atomic E-state index is 0.884. The summed E-state index contributed by atoms with van der Waals surface area (Å²) in [6, 6.07) is 0.884. The molecule has 0 aromatic carbocycles. The van der Waals surface area contributed by atoms with Crippen LogP contribution in [0.25, 0.3) is 0 Å². The van der Waals surface area contributed by atoms with Crippen LogP contribution in [0, 0.1) is 11.8 Å². The first-order chi connectivity index (χ1) is 7.33. The number of nitrogens with zero attached hydrogens (tertiary/aromatic N) is 1. The van der Waals surface area contributed by atoms with Gasteiger partial charge in [0.2, 0.25) is 0 Å². The molecule has 2 heteroatoms. The van der Waals surface area contributed by atoms with Crippen molar-refractivity contribution in [2.45, 2.75) is 45.6 Å². The van der Waals surface area contributed by atoms with Gasteiger partial charge >= 0.3 is 0 Å². The second-order valence-electron chi connectivity index (χ2n) is 5.31. The van der Waals surface area contributed by atoms with E-state index in [4.69, 9.17) is 0 Å². The number of hydrogen-bond donors (Lipinski definition) is 1. The zero-order chi connectivity index (χ0) is 10.7. The van der Waals surface area contributed by atoms with Gasteiger partial charge in [0.05, 0.1) is 0 Å². The normalized spacial score (nSPS) is 39.2. The van der Waals surface area contributed by atoms with E-state index in [2.05, 4.69) is 24.1 Å². The van der Waals surface area contributed by atoms with E-state index >= 15 is 0 Å². The highest BCUT2D eigenvalue weighted by Gasteiger charge is 2.35. The Morgan fingerprint density at radius 2 is 2.07 bits per heavy atom. The van der Waals surface area contributed by atoms with E-state index in [1.165, 1.54) is 51.9 Å². The molecule has 88 valence electrons. The van der Waals surface area contributed by atoms with E-state index in [0.717, 1.165) is 17.9 Å². The molecule has 1 aliphatic carbocycles. The largest absolute Gasteiger partial charge is 0.315 e. The summed E-state index contributed by atoms with van der Waals surface area (Å²) in [7, 11) is 0. The Bertz CT molecular complexity index is 185. The van der Waals surface area contributed by atoms with Crippen molar-refractivity contribution in [2.75, 3.05) is 26.2 Å². The van der Waals surface area contributed by atoms with Crippen LogP contribution in [0.4, 0.5) is 0 Å². The molecule has 0 aromatic heterocycles. The van der Waals surface area contributed by atoms with Gasteiger partial charge in [0.25, 0.3) is 0 Å². The van der Waals surface area contributed by atoms with Crippen LogP contribution >= 0.6 is 0 Å². The fourth-order valence-electron chi connectivity index (χ4n) is 3.51. The van der Waals surface area contributed by atoms with Gasteiger partial charge in [-0.25, -0.2) is 0 Å². The Labute approximate surface area is 94.4 Å². The monoisotopic (exact) mass is 210 g/mol. The van der Waals surface area contributed by atoms with E-state index in [1.807, 2.05) is 0 Å². The van der Waals surface area contributed by atoms with Gasteiger partial charge in [0.15, 0.2) is 0 Å². The molecule has 2 aliphatic rings. The summed E-state index contributed by atoms with van der Waals surface area (Å²) in [5.41, 5.74) is 0. The molecular weight excluding hydrogens is 184 g/mol. The zero-order valence-electron chi connectivity index (χ0n) is 10.3. The number of nitrogens with one attached hydrogen (secondary N) is 1. The lowest BCUT2D eigenvalue weighted by Crippen LogP contribution is -2.40. The summed E-state index contributed by atoms with van der Waals surface area (Å²) in [6.45, 7) is 9.83. The zero-order valence-corrected chi connectivity index (χ0v) is 10.3. The first-order valence-electron chi connectivity index (χ1n) is 6.77. The maximum absolute atomic E-state index is 3.50. The molecule has 1 saturated carbocycles. The van der Waals surface area contributed by atoms with Gasteiger partial charge in [0, 0.05) is 19.1 Å². The molecule has 1 N–H and O–H groups in total. The lowest BCUT2D eigenvalue weighted by Gasteiger charge is -2.31. The molecule has 2 rings (SSSR count). The number of rotatable bonds is 2. The Morgan fingerprint density at radius 1 is 1.20 bits per heavy atom. The van der Waals surface area contributed by atoms with Crippen molar-refractivity contribution in [3.63, 3.8) is 0 Å². The standard InChI is InChI=1S/C13H26N2/c1-3-12-5-6-13(11(12)2)15-9-4-7-14-8-10-15/h11-14H,3-10H2,1-2H3. The van der Waals surface area contributed by atoms with Crippen LogP contribution in [0.3, 0.4) is 0 Å². The molecular formula is C13H26N2. The molecule has 0 spiro atoms. The molecule has 0 aromatic rings. The van der Waals surface area contributed by atoms with Crippen molar-refractivity contribution in [1.29, 1.82) is 0 Å². The van der Waals surface area contributed by atoms with Crippen LogP contribution in [0.15, 0.2) is 0 Å². The van der Waals surface area contributed by atoms with Crippen molar-refractivity contribution in [1.82, 2.24) is 10.2 Å². The highest BCUT2D eigenvalue weighted by Crippen LogP contribution is 2.36. The second kappa shape index (κ2) is 5.31. The maximum atomic E-state index is 3.50. The minimum atomic E-state index is 0.884. The Kier molecular flexibility index (Phi) is 4.04. The van der Waals surface area contributed by atoms with Gasteiger partial charge in [-0.15, -0.1) is 0 Å². The fourth-order valence-corrected chi connectivity index (χ4v) is 3.51. The Hall–Kier alpha value is -0.0800.